The first kappa shape index (κ1) is 14.0. The minimum atomic E-state index is -0.826. The molecule has 1 saturated heterocycles. The van der Waals surface area contributed by atoms with Crippen LogP contribution in [0, 0.1) is 13.8 Å². The highest BCUT2D eigenvalue weighted by Gasteiger charge is 2.38. The lowest BCUT2D eigenvalue weighted by Gasteiger charge is -2.32. The van der Waals surface area contributed by atoms with Crippen molar-refractivity contribution in [3.63, 3.8) is 0 Å². The quantitative estimate of drug-likeness (QED) is 0.847. The first-order chi connectivity index (χ1) is 8.99. The number of hydrogen-bond donors (Lipinski definition) is 1. The topological polar surface area (TPSA) is 61.5 Å². The lowest BCUT2D eigenvalue weighted by molar-refractivity contribution is 0.0446. The van der Waals surface area contributed by atoms with E-state index in [2.05, 4.69) is 0 Å². The molecule has 2 N–H and O–H groups in total. The second-order valence-corrected chi connectivity index (χ2v) is 5.19. The summed E-state index contributed by atoms with van der Waals surface area (Å²) in [6.45, 7) is 5.03. The Kier molecular flexibility index (Phi) is 3.92. The molecule has 4 heteroatoms. The first-order valence-corrected chi connectivity index (χ1v) is 6.55. The minimum Gasteiger partial charge on any atom is -0.496 e. The van der Waals surface area contributed by atoms with E-state index in [0.717, 1.165) is 11.1 Å². The van der Waals surface area contributed by atoms with Gasteiger partial charge in [0.15, 0.2) is 5.78 Å². The van der Waals surface area contributed by atoms with Crippen LogP contribution in [0.25, 0.3) is 0 Å². The number of benzene rings is 1. The lowest BCUT2D eigenvalue weighted by Crippen LogP contribution is -2.52. The molecule has 0 unspecified atom stereocenters. The summed E-state index contributed by atoms with van der Waals surface area (Å²) in [5.74, 6) is 0.595. The molecule has 0 atom stereocenters. The Balaban J connectivity index is 2.41. The highest BCUT2D eigenvalue weighted by molar-refractivity contribution is 6.05. The molecule has 1 fully saturated rings. The Morgan fingerprint density at radius 2 is 1.95 bits per heavy atom. The number of ketones is 1. The Labute approximate surface area is 113 Å². The van der Waals surface area contributed by atoms with E-state index in [1.807, 2.05) is 26.0 Å². The van der Waals surface area contributed by atoms with Gasteiger partial charge in [0.1, 0.15) is 5.75 Å². The molecule has 1 heterocycles. The van der Waals surface area contributed by atoms with Gasteiger partial charge in [-0.3, -0.25) is 4.79 Å². The van der Waals surface area contributed by atoms with E-state index in [1.165, 1.54) is 0 Å². The van der Waals surface area contributed by atoms with Crippen LogP contribution >= 0.6 is 0 Å². The van der Waals surface area contributed by atoms with Gasteiger partial charge >= 0.3 is 0 Å². The van der Waals surface area contributed by atoms with E-state index >= 15 is 0 Å². The van der Waals surface area contributed by atoms with Crippen molar-refractivity contribution in [1.82, 2.24) is 0 Å². The average molecular weight is 263 g/mol. The standard InChI is InChI=1S/C15H21NO3/c1-10-4-5-12(13(18-3)11(10)2)14(17)15(16)6-8-19-9-7-15/h4-5H,6-9,16H2,1-3H3. The maximum absolute atomic E-state index is 12.7. The van der Waals surface area contributed by atoms with Gasteiger partial charge in [-0.2, -0.15) is 0 Å². The van der Waals surface area contributed by atoms with E-state index in [4.69, 9.17) is 15.2 Å². The highest BCUT2D eigenvalue weighted by atomic mass is 16.5. The van der Waals surface area contributed by atoms with Crippen molar-refractivity contribution in [2.45, 2.75) is 32.2 Å². The van der Waals surface area contributed by atoms with Crippen molar-refractivity contribution in [2.75, 3.05) is 20.3 Å². The van der Waals surface area contributed by atoms with Crippen LogP contribution in [0.5, 0.6) is 5.75 Å². The van der Waals surface area contributed by atoms with E-state index in [1.54, 1.807) is 7.11 Å². The van der Waals surface area contributed by atoms with Crippen LogP contribution in [0.15, 0.2) is 12.1 Å². The van der Waals surface area contributed by atoms with Crippen molar-refractivity contribution in [3.05, 3.63) is 28.8 Å². The number of carbonyl (C=O) groups is 1. The number of carbonyl (C=O) groups excluding carboxylic acids is 1. The Morgan fingerprint density at radius 1 is 1.32 bits per heavy atom. The largest absolute Gasteiger partial charge is 0.496 e. The Bertz CT molecular complexity index is 490. The molecule has 0 aliphatic carbocycles. The van der Waals surface area contributed by atoms with Crippen LogP contribution in [0.2, 0.25) is 0 Å². The molecule has 0 aromatic heterocycles. The second kappa shape index (κ2) is 5.31. The molecule has 4 nitrogen and oxygen atoms in total. The molecule has 2 rings (SSSR count). The predicted octanol–water partition coefficient (Wildman–Crippen LogP) is 2.00. The number of rotatable bonds is 3. The van der Waals surface area contributed by atoms with Gasteiger partial charge in [0.05, 0.1) is 18.2 Å². The third-order valence-electron chi connectivity index (χ3n) is 3.96. The smallest absolute Gasteiger partial charge is 0.186 e. The van der Waals surface area contributed by atoms with Gasteiger partial charge in [-0.15, -0.1) is 0 Å². The monoisotopic (exact) mass is 263 g/mol. The second-order valence-electron chi connectivity index (χ2n) is 5.19. The fourth-order valence-electron chi connectivity index (χ4n) is 2.46. The maximum Gasteiger partial charge on any atom is 0.186 e. The summed E-state index contributed by atoms with van der Waals surface area (Å²) in [6, 6.07) is 3.75. The summed E-state index contributed by atoms with van der Waals surface area (Å²) in [5.41, 5.74) is 8.11. The average Bonchev–Trinajstić information content (AvgIpc) is 2.41. The summed E-state index contributed by atoms with van der Waals surface area (Å²) in [6.07, 6.45) is 1.11. The van der Waals surface area contributed by atoms with Gasteiger partial charge in [0.2, 0.25) is 0 Å². The van der Waals surface area contributed by atoms with Crippen LogP contribution in [-0.4, -0.2) is 31.6 Å². The third kappa shape index (κ3) is 2.51. The molecule has 1 aliphatic rings. The van der Waals surface area contributed by atoms with Crippen molar-refractivity contribution in [1.29, 1.82) is 0 Å². The van der Waals surface area contributed by atoms with Crippen molar-refractivity contribution in [3.8, 4) is 5.75 Å². The maximum atomic E-state index is 12.7. The molecule has 104 valence electrons. The van der Waals surface area contributed by atoms with Crippen molar-refractivity contribution >= 4 is 5.78 Å². The van der Waals surface area contributed by atoms with Gasteiger partial charge in [-0.25, -0.2) is 0 Å². The predicted molar refractivity (Wildman–Crippen MR) is 73.8 cm³/mol. The first-order valence-electron chi connectivity index (χ1n) is 6.55. The summed E-state index contributed by atoms with van der Waals surface area (Å²) < 4.78 is 10.7. The summed E-state index contributed by atoms with van der Waals surface area (Å²) in [7, 11) is 1.59. The molecular weight excluding hydrogens is 242 g/mol. The van der Waals surface area contributed by atoms with E-state index in [9.17, 15) is 4.79 Å². The van der Waals surface area contributed by atoms with E-state index < -0.39 is 5.54 Å². The van der Waals surface area contributed by atoms with Gasteiger partial charge in [-0.05, 0) is 43.9 Å². The zero-order chi connectivity index (χ0) is 14.0. The highest BCUT2D eigenvalue weighted by Crippen LogP contribution is 2.31. The lowest BCUT2D eigenvalue weighted by atomic mass is 9.82. The van der Waals surface area contributed by atoms with Crippen molar-refractivity contribution < 1.29 is 14.3 Å². The van der Waals surface area contributed by atoms with Crippen LogP contribution in [0.1, 0.15) is 34.3 Å². The third-order valence-corrected chi connectivity index (χ3v) is 3.96. The number of Topliss-reactive ketones (excluding diaryl/α,β-unsaturated/α-hetero) is 1. The fraction of sp³-hybridized carbons (Fsp3) is 0.533. The molecule has 1 aromatic rings. The summed E-state index contributed by atoms with van der Waals surface area (Å²) in [5, 5.41) is 0. The van der Waals surface area contributed by atoms with Crippen LogP contribution in [0.3, 0.4) is 0 Å². The zero-order valence-electron chi connectivity index (χ0n) is 11.8. The van der Waals surface area contributed by atoms with Crippen LogP contribution < -0.4 is 10.5 Å². The number of aryl methyl sites for hydroxylation is 1. The van der Waals surface area contributed by atoms with Crippen molar-refractivity contribution in [2.24, 2.45) is 5.73 Å². The summed E-state index contributed by atoms with van der Waals surface area (Å²) >= 11 is 0. The molecular formula is C15H21NO3. The van der Waals surface area contributed by atoms with Crippen LogP contribution in [0.4, 0.5) is 0 Å². The fourth-order valence-corrected chi connectivity index (χ4v) is 2.46. The SMILES string of the molecule is COc1c(C(=O)C2(N)CCOCC2)ccc(C)c1C. The number of nitrogens with two attached hydrogens (primary N) is 1. The normalized spacial score (nSPS) is 18.1. The molecule has 19 heavy (non-hydrogen) atoms. The zero-order valence-corrected chi connectivity index (χ0v) is 11.8. The Hall–Kier alpha value is -1.39. The summed E-state index contributed by atoms with van der Waals surface area (Å²) in [4.78, 5) is 12.7. The molecule has 0 radical (unpaired) electrons. The van der Waals surface area contributed by atoms with Crippen LogP contribution in [-0.2, 0) is 4.74 Å². The molecule has 0 amide bonds. The molecule has 0 spiro atoms. The van der Waals surface area contributed by atoms with E-state index in [0.29, 0.717) is 37.4 Å². The van der Waals surface area contributed by atoms with Gasteiger partial charge < -0.3 is 15.2 Å². The van der Waals surface area contributed by atoms with Gasteiger partial charge in [0, 0.05) is 13.2 Å². The molecule has 0 saturated carbocycles. The van der Waals surface area contributed by atoms with Gasteiger partial charge in [-0.1, -0.05) is 6.07 Å². The van der Waals surface area contributed by atoms with Gasteiger partial charge in [0.25, 0.3) is 0 Å². The molecule has 1 aromatic carbocycles. The number of methoxy groups -OCH3 is 1. The van der Waals surface area contributed by atoms with E-state index in [-0.39, 0.29) is 5.78 Å². The molecule has 0 bridgehead atoms. The number of hydrogen-bond acceptors (Lipinski definition) is 4. The Morgan fingerprint density at radius 3 is 2.53 bits per heavy atom. The number of ether oxygens (including phenoxy) is 2. The molecule has 1 aliphatic heterocycles. The minimum absolute atomic E-state index is 0.0456.